The lowest BCUT2D eigenvalue weighted by Gasteiger charge is -2.08. The van der Waals surface area contributed by atoms with Gasteiger partial charge in [0.1, 0.15) is 5.75 Å². The molecule has 0 aliphatic carbocycles. The second kappa shape index (κ2) is 8.17. The standard InChI is InChI=1S/C17H16O3S/c18-17(19)11-10-14-6-4-5-9-16(14)20-12-13-21-15-7-2-1-3-8-15/h1-11H,12-13H2,(H,18,19). The van der Waals surface area contributed by atoms with Crippen LogP contribution >= 0.6 is 11.8 Å². The minimum atomic E-state index is -0.968. The van der Waals surface area contributed by atoms with Crippen molar-refractivity contribution in [1.82, 2.24) is 0 Å². The first kappa shape index (κ1) is 15.2. The van der Waals surface area contributed by atoms with E-state index in [9.17, 15) is 4.79 Å². The van der Waals surface area contributed by atoms with Crippen LogP contribution in [-0.4, -0.2) is 23.4 Å². The van der Waals surface area contributed by atoms with Gasteiger partial charge in [-0.05, 0) is 24.3 Å². The van der Waals surface area contributed by atoms with Gasteiger partial charge in [-0.2, -0.15) is 0 Å². The van der Waals surface area contributed by atoms with Crippen molar-refractivity contribution < 1.29 is 14.6 Å². The Morgan fingerprint density at radius 3 is 2.57 bits per heavy atom. The van der Waals surface area contributed by atoms with Gasteiger partial charge in [0, 0.05) is 22.3 Å². The molecule has 0 atom stereocenters. The van der Waals surface area contributed by atoms with Crippen molar-refractivity contribution in [3.63, 3.8) is 0 Å². The van der Waals surface area contributed by atoms with Crippen molar-refractivity contribution in [1.29, 1.82) is 0 Å². The maximum absolute atomic E-state index is 10.6. The number of thioether (sulfide) groups is 1. The molecule has 0 aliphatic heterocycles. The van der Waals surface area contributed by atoms with Gasteiger partial charge in [-0.1, -0.05) is 36.4 Å². The number of carboxylic acid groups (broad SMARTS) is 1. The molecule has 0 fully saturated rings. The van der Waals surface area contributed by atoms with E-state index in [0.717, 1.165) is 17.4 Å². The van der Waals surface area contributed by atoms with Gasteiger partial charge >= 0.3 is 5.97 Å². The highest BCUT2D eigenvalue weighted by molar-refractivity contribution is 7.99. The molecule has 1 N–H and O–H groups in total. The summed E-state index contributed by atoms with van der Waals surface area (Å²) in [5.74, 6) is 0.564. The average Bonchev–Trinajstić information content (AvgIpc) is 2.51. The van der Waals surface area contributed by atoms with E-state index in [1.165, 1.54) is 4.90 Å². The zero-order valence-corrected chi connectivity index (χ0v) is 12.3. The summed E-state index contributed by atoms with van der Waals surface area (Å²) >= 11 is 1.73. The van der Waals surface area contributed by atoms with Crippen LogP contribution in [0.3, 0.4) is 0 Å². The third kappa shape index (κ3) is 5.36. The van der Waals surface area contributed by atoms with E-state index >= 15 is 0 Å². The highest BCUT2D eigenvalue weighted by Crippen LogP contribution is 2.21. The van der Waals surface area contributed by atoms with Crippen molar-refractivity contribution in [3.05, 3.63) is 66.2 Å². The van der Waals surface area contributed by atoms with Gasteiger partial charge in [0.2, 0.25) is 0 Å². The summed E-state index contributed by atoms with van der Waals surface area (Å²) in [4.78, 5) is 11.8. The zero-order chi connectivity index (χ0) is 14.9. The van der Waals surface area contributed by atoms with Crippen molar-refractivity contribution in [2.24, 2.45) is 0 Å². The fourth-order valence-corrected chi connectivity index (χ4v) is 2.49. The Morgan fingerprint density at radius 1 is 1.10 bits per heavy atom. The van der Waals surface area contributed by atoms with E-state index < -0.39 is 5.97 Å². The number of hydrogen-bond acceptors (Lipinski definition) is 3. The van der Waals surface area contributed by atoms with E-state index in [0.29, 0.717) is 12.4 Å². The van der Waals surface area contributed by atoms with E-state index in [1.807, 2.05) is 42.5 Å². The molecule has 0 bridgehead atoms. The number of hydrogen-bond donors (Lipinski definition) is 1. The first-order chi connectivity index (χ1) is 10.3. The highest BCUT2D eigenvalue weighted by Gasteiger charge is 2.01. The van der Waals surface area contributed by atoms with Crippen LogP contribution in [-0.2, 0) is 4.79 Å². The average molecular weight is 300 g/mol. The fourth-order valence-electron chi connectivity index (χ4n) is 1.74. The lowest BCUT2D eigenvalue weighted by molar-refractivity contribution is -0.131. The molecule has 0 amide bonds. The lowest BCUT2D eigenvalue weighted by atomic mass is 10.2. The van der Waals surface area contributed by atoms with E-state index in [4.69, 9.17) is 9.84 Å². The second-order valence-corrected chi connectivity index (χ2v) is 5.39. The monoisotopic (exact) mass is 300 g/mol. The van der Waals surface area contributed by atoms with Crippen molar-refractivity contribution >= 4 is 23.8 Å². The van der Waals surface area contributed by atoms with Gasteiger partial charge in [0.25, 0.3) is 0 Å². The molecule has 0 unspecified atom stereocenters. The highest BCUT2D eigenvalue weighted by atomic mass is 32.2. The van der Waals surface area contributed by atoms with Crippen LogP contribution in [0, 0.1) is 0 Å². The maximum atomic E-state index is 10.6. The Labute approximate surface area is 128 Å². The molecule has 108 valence electrons. The maximum Gasteiger partial charge on any atom is 0.328 e. The Bertz CT molecular complexity index is 608. The van der Waals surface area contributed by atoms with E-state index in [2.05, 4.69) is 12.1 Å². The van der Waals surface area contributed by atoms with Crippen LogP contribution < -0.4 is 4.74 Å². The van der Waals surface area contributed by atoms with Gasteiger partial charge in [-0.3, -0.25) is 0 Å². The predicted molar refractivity (Wildman–Crippen MR) is 85.8 cm³/mol. The molecule has 2 aromatic rings. The molecule has 0 radical (unpaired) electrons. The van der Waals surface area contributed by atoms with Gasteiger partial charge in [0.15, 0.2) is 0 Å². The Morgan fingerprint density at radius 2 is 1.81 bits per heavy atom. The molecule has 2 aromatic carbocycles. The summed E-state index contributed by atoms with van der Waals surface area (Å²) in [6, 6.07) is 17.5. The number of aliphatic carboxylic acids is 1. The lowest BCUT2D eigenvalue weighted by Crippen LogP contribution is -2.01. The molecule has 0 aromatic heterocycles. The van der Waals surface area contributed by atoms with Gasteiger partial charge < -0.3 is 9.84 Å². The van der Waals surface area contributed by atoms with Crippen LogP contribution in [0.1, 0.15) is 5.56 Å². The zero-order valence-electron chi connectivity index (χ0n) is 11.4. The number of para-hydroxylation sites is 1. The second-order valence-electron chi connectivity index (χ2n) is 4.22. The van der Waals surface area contributed by atoms with Crippen molar-refractivity contribution in [3.8, 4) is 5.75 Å². The van der Waals surface area contributed by atoms with Gasteiger partial charge in [0.05, 0.1) is 6.61 Å². The summed E-state index contributed by atoms with van der Waals surface area (Å²) in [6.45, 7) is 0.567. The molecule has 0 aliphatic rings. The Balaban J connectivity index is 1.87. The van der Waals surface area contributed by atoms with Crippen LogP contribution in [0.25, 0.3) is 6.08 Å². The van der Waals surface area contributed by atoms with Crippen molar-refractivity contribution in [2.45, 2.75) is 4.90 Å². The topological polar surface area (TPSA) is 46.5 Å². The summed E-state index contributed by atoms with van der Waals surface area (Å²) < 4.78 is 5.73. The summed E-state index contributed by atoms with van der Waals surface area (Å²) in [6.07, 6.45) is 2.66. The molecule has 2 rings (SSSR count). The van der Waals surface area contributed by atoms with Crippen molar-refractivity contribution in [2.75, 3.05) is 12.4 Å². The molecule has 0 saturated carbocycles. The minimum absolute atomic E-state index is 0.567. The smallest absolute Gasteiger partial charge is 0.328 e. The molecule has 0 heterocycles. The Hall–Kier alpha value is -2.20. The normalized spacial score (nSPS) is 10.7. The molecule has 3 nitrogen and oxygen atoms in total. The van der Waals surface area contributed by atoms with E-state index in [1.54, 1.807) is 17.8 Å². The number of carboxylic acids is 1. The molecule has 4 heteroatoms. The van der Waals surface area contributed by atoms with Crippen LogP contribution in [0.5, 0.6) is 5.75 Å². The molecule has 21 heavy (non-hydrogen) atoms. The van der Waals surface area contributed by atoms with Gasteiger partial charge in [-0.25, -0.2) is 4.79 Å². The summed E-state index contributed by atoms with van der Waals surface area (Å²) in [7, 11) is 0. The number of carbonyl (C=O) groups is 1. The minimum Gasteiger partial charge on any atom is -0.492 e. The Kier molecular flexibility index (Phi) is 5.91. The third-order valence-corrected chi connectivity index (χ3v) is 3.65. The summed E-state index contributed by atoms with van der Waals surface area (Å²) in [5.41, 5.74) is 0.768. The summed E-state index contributed by atoms with van der Waals surface area (Å²) in [5, 5.41) is 8.67. The fraction of sp³-hybridized carbons (Fsp3) is 0.118. The van der Waals surface area contributed by atoms with E-state index in [-0.39, 0.29) is 0 Å². The number of rotatable bonds is 7. The molecule has 0 saturated heterocycles. The first-order valence-corrected chi connectivity index (χ1v) is 7.55. The largest absolute Gasteiger partial charge is 0.492 e. The molecule has 0 spiro atoms. The molecular weight excluding hydrogens is 284 g/mol. The van der Waals surface area contributed by atoms with Crippen LogP contribution in [0.4, 0.5) is 0 Å². The SMILES string of the molecule is O=C(O)C=Cc1ccccc1OCCSc1ccccc1. The third-order valence-electron chi connectivity index (χ3n) is 2.68. The predicted octanol–water partition coefficient (Wildman–Crippen LogP) is 3.96. The quantitative estimate of drug-likeness (QED) is 0.478. The van der Waals surface area contributed by atoms with Crippen LogP contribution in [0.15, 0.2) is 65.6 Å². The molecular formula is C17H16O3S. The van der Waals surface area contributed by atoms with Gasteiger partial charge in [-0.15, -0.1) is 11.8 Å². The number of ether oxygens (including phenoxy) is 1. The number of benzene rings is 2. The first-order valence-electron chi connectivity index (χ1n) is 6.56. The van der Waals surface area contributed by atoms with Crippen LogP contribution in [0.2, 0.25) is 0 Å².